The Morgan fingerprint density at radius 1 is 1.37 bits per heavy atom. The van der Waals surface area contributed by atoms with Crippen LogP contribution < -0.4 is 5.32 Å². The summed E-state index contributed by atoms with van der Waals surface area (Å²) in [5.41, 5.74) is 1.13. The van der Waals surface area contributed by atoms with E-state index in [2.05, 4.69) is 46.7 Å². The highest BCUT2D eigenvalue weighted by Gasteiger charge is 2.19. The van der Waals surface area contributed by atoms with Crippen molar-refractivity contribution in [3.05, 3.63) is 15.1 Å². The number of ether oxygens (including phenoxy) is 1. The maximum atomic E-state index is 5.78. The van der Waals surface area contributed by atoms with E-state index in [9.17, 15) is 0 Å². The van der Waals surface area contributed by atoms with Crippen molar-refractivity contribution in [1.82, 2.24) is 9.97 Å². The lowest BCUT2D eigenvalue weighted by atomic mass is 10.1. The second-order valence-electron chi connectivity index (χ2n) is 5.29. The fourth-order valence-electron chi connectivity index (χ4n) is 2.32. The van der Waals surface area contributed by atoms with Crippen LogP contribution in [0.4, 0.5) is 5.82 Å². The molecule has 2 rings (SSSR count). The number of anilines is 1. The second-order valence-corrected chi connectivity index (χ2v) is 6.36. The molecule has 1 aromatic heterocycles. The van der Waals surface area contributed by atoms with Gasteiger partial charge in [0, 0.05) is 20.1 Å². The summed E-state index contributed by atoms with van der Waals surface area (Å²) in [6.45, 7) is 5.22. The fourth-order valence-corrected chi connectivity index (χ4v) is 3.46. The summed E-state index contributed by atoms with van der Waals surface area (Å²) in [4.78, 5) is 9.35. The molecule has 4 nitrogen and oxygen atoms in total. The zero-order valence-corrected chi connectivity index (χ0v) is 14.0. The number of aromatic nitrogens is 2. The van der Waals surface area contributed by atoms with E-state index in [1.165, 1.54) is 12.8 Å². The molecular weight excluding hydrogens is 353 g/mol. The highest BCUT2D eigenvalue weighted by atomic mass is 127. The van der Waals surface area contributed by atoms with Crippen molar-refractivity contribution >= 4 is 28.4 Å². The third-order valence-electron chi connectivity index (χ3n) is 3.39. The van der Waals surface area contributed by atoms with Gasteiger partial charge < -0.3 is 10.1 Å². The van der Waals surface area contributed by atoms with Gasteiger partial charge in [-0.15, -0.1) is 0 Å². The lowest BCUT2D eigenvalue weighted by Crippen LogP contribution is -2.23. The zero-order valence-electron chi connectivity index (χ0n) is 11.9. The normalized spacial score (nSPS) is 19.7. The lowest BCUT2D eigenvalue weighted by molar-refractivity contribution is 0.0156. The molecule has 1 saturated heterocycles. The van der Waals surface area contributed by atoms with Gasteiger partial charge in [-0.1, -0.05) is 13.8 Å². The van der Waals surface area contributed by atoms with Crippen LogP contribution in [0.2, 0.25) is 0 Å². The molecule has 1 aliphatic heterocycles. The predicted molar refractivity (Wildman–Crippen MR) is 85.7 cm³/mol. The number of rotatable bonds is 4. The van der Waals surface area contributed by atoms with Crippen molar-refractivity contribution in [2.45, 2.75) is 51.6 Å². The molecule has 0 aromatic carbocycles. The van der Waals surface area contributed by atoms with Crippen LogP contribution in [0.5, 0.6) is 0 Å². The number of halogens is 1. The monoisotopic (exact) mass is 375 g/mol. The van der Waals surface area contributed by atoms with Crippen LogP contribution in [-0.2, 0) is 11.2 Å². The first kappa shape index (κ1) is 15.0. The molecule has 5 heteroatoms. The second kappa shape index (κ2) is 6.83. The van der Waals surface area contributed by atoms with Gasteiger partial charge in [-0.25, -0.2) is 9.97 Å². The molecule has 1 atom stereocenters. The SMILES string of the molecule is CNc1nc(CC2CCCCO2)nc(C(C)C)c1I. The van der Waals surface area contributed by atoms with Crippen LogP contribution in [0.25, 0.3) is 0 Å². The van der Waals surface area contributed by atoms with Gasteiger partial charge >= 0.3 is 0 Å². The largest absolute Gasteiger partial charge is 0.378 e. The van der Waals surface area contributed by atoms with Crippen LogP contribution in [0.3, 0.4) is 0 Å². The van der Waals surface area contributed by atoms with E-state index in [1.54, 1.807) is 0 Å². The molecule has 0 radical (unpaired) electrons. The Bertz CT molecular complexity index is 431. The first-order valence-electron chi connectivity index (χ1n) is 6.97. The average Bonchev–Trinajstić information content (AvgIpc) is 2.41. The molecule has 1 aromatic rings. The van der Waals surface area contributed by atoms with Gasteiger partial charge in [0.1, 0.15) is 11.6 Å². The lowest BCUT2D eigenvalue weighted by Gasteiger charge is -2.22. The average molecular weight is 375 g/mol. The van der Waals surface area contributed by atoms with Crippen molar-refractivity contribution < 1.29 is 4.74 Å². The maximum Gasteiger partial charge on any atom is 0.143 e. The summed E-state index contributed by atoms with van der Waals surface area (Å²) in [6, 6.07) is 0. The predicted octanol–water partition coefficient (Wildman–Crippen LogP) is 3.36. The molecule has 2 heterocycles. The zero-order chi connectivity index (χ0) is 13.8. The number of nitrogens with zero attached hydrogens (tertiary/aromatic N) is 2. The van der Waals surface area contributed by atoms with Gasteiger partial charge in [0.25, 0.3) is 0 Å². The minimum atomic E-state index is 0.290. The summed E-state index contributed by atoms with van der Waals surface area (Å²) in [5, 5.41) is 3.17. The molecule has 0 bridgehead atoms. The molecule has 1 fully saturated rings. The highest BCUT2D eigenvalue weighted by molar-refractivity contribution is 14.1. The van der Waals surface area contributed by atoms with Gasteiger partial charge in [-0.05, 0) is 47.8 Å². The van der Waals surface area contributed by atoms with Gasteiger partial charge in [0.2, 0.25) is 0 Å². The molecular formula is C14H22IN3O. The van der Waals surface area contributed by atoms with Gasteiger partial charge in [-0.3, -0.25) is 0 Å². The van der Waals surface area contributed by atoms with Gasteiger partial charge in [0.15, 0.2) is 0 Å². The van der Waals surface area contributed by atoms with Crippen LogP contribution in [0, 0.1) is 3.57 Å². The van der Waals surface area contributed by atoms with Gasteiger partial charge in [-0.2, -0.15) is 0 Å². The minimum Gasteiger partial charge on any atom is -0.378 e. The smallest absolute Gasteiger partial charge is 0.143 e. The van der Waals surface area contributed by atoms with E-state index in [0.717, 1.165) is 40.4 Å². The Morgan fingerprint density at radius 3 is 2.74 bits per heavy atom. The highest BCUT2D eigenvalue weighted by Crippen LogP contribution is 2.26. The molecule has 0 saturated carbocycles. The van der Waals surface area contributed by atoms with Crippen LogP contribution >= 0.6 is 22.6 Å². The molecule has 1 aliphatic rings. The Balaban J connectivity index is 2.21. The maximum absolute atomic E-state index is 5.78. The van der Waals surface area contributed by atoms with Gasteiger partial charge in [0.05, 0.1) is 15.4 Å². The number of hydrogen-bond acceptors (Lipinski definition) is 4. The third-order valence-corrected chi connectivity index (χ3v) is 4.45. The quantitative estimate of drug-likeness (QED) is 0.820. The van der Waals surface area contributed by atoms with Crippen molar-refractivity contribution in [1.29, 1.82) is 0 Å². The van der Waals surface area contributed by atoms with Crippen molar-refractivity contribution in [2.75, 3.05) is 19.0 Å². The number of hydrogen-bond donors (Lipinski definition) is 1. The number of nitrogens with one attached hydrogen (secondary N) is 1. The summed E-state index contributed by atoms with van der Waals surface area (Å²) in [7, 11) is 1.91. The molecule has 19 heavy (non-hydrogen) atoms. The van der Waals surface area contributed by atoms with E-state index in [1.807, 2.05) is 7.05 Å². The molecule has 0 amide bonds. The van der Waals surface area contributed by atoms with E-state index in [-0.39, 0.29) is 0 Å². The standard InChI is InChI=1S/C14H22IN3O/c1-9(2)13-12(15)14(16-3)18-11(17-13)8-10-6-4-5-7-19-10/h9-10H,4-8H2,1-3H3,(H,16,17,18). The van der Waals surface area contributed by atoms with E-state index >= 15 is 0 Å². The fraction of sp³-hybridized carbons (Fsp3) is 0.714. The Hall–Kier alpha value is -0.430. The van der Waals surface area contributed by atoms with Crippen molar-refractivity contribution in [3.63, 3.8) is 0 Å². The topological polar surface area (TPSA) is 47.0 Å². The molecule has 0 aliphatic carbocycles. The molecule has 106 valence electrons. The van der Waals surface area contributed by atoms with Crippen molar-refractivity contribution in [3.8, 4) is 0 Å². The minimum absolute atomic E-state index is 0.290. The summed E-state index contributed by atoms with van der Waals surface area (Å²) < 4.78 is 6.91. The summed E-state index contributed by atoms with van der Waals surface area (Å²) in [6.07, 6.45) is 4.68. The summed E-state index contributed by atoms with van der Waals surface area (Å²) in [5.74, 6) is 2.25. The molecule has 0 spiro atoms. The van der Waals surface area contributed by atoms with Crippen LogP contribution in [-0.4, -0.2) is 29.7 Å². The Kier molecular flexibility index (Phi) is 5.38. The molecule has 1 unspecified atom stereocenters. The third kappa shape index (κ3) is 3.78. The Labute approximate surface area is 128 Å². The van der Waals surface area contributed by atoms with E-state index in [0.29, 0.717) is 12.0 Å². The van der Waals surface area contributed by atoms with Crippen LogP contribution in [0.1, 0.15) is 50.5 Å². The molecule has 1 N–H and O–H groups in total. The summed E-state index contributed by atoms with van der Waals surface area (Å²) >= 11 is 2.32. The first-order chi connectivity index (χ1) is 9.11. The Morgan fingerprint density at radius 2 is 2.16 bits per heavy atom. The van der Waals surface area contributed by atoms with E-state index in [4.69, 9.17) is 9.72 Å². The first-order valence-corrected chi connectivity index (χ1v) is 8.05. The van der Waals surface area contributed by atoms with Crippen LogP contribution in [0.15, 0.2) is 0 Å². The van der Waals surface area contributed by atoms with Crippen molar-refractivity contribution in [2.24, 2.45) is 0 Å². The van der Waals surface area contributed by atoms with E-state index < -0.39 is 0 Å².